The maximum absolute atomic E-state index is 12.4. The van der Waals surface area contributed by atoms with Gasteiger partial charge < -0.3 is 16.0 Å². The van der Waals surface area contributed by atoms with Crippen LogP contribution in [0, 0.1) is 0 Å². The molecule has 1 aliphatic heterocycles. The first-order valence-corrected chi connectivity index (χ1v) is 6.95. The third-order valence-electron chi connectivity index (χ3n) is 3.80. The van der Waals surface area contributed by atoms with Crippen LogP contribution < -0.4 is 11.1 Å². The summed E-state index contributed by atoms with van der Waals surface area (Å²) in [5, 5.41) is 2.63. The highest BCUT2D eigenvalue weighted by Gasteiger charge is 2.33. The molecule has 1 aromatic rings. The molecule has 0 bridgehead atoms. The lowest BCUT2D eigenvalue weighted by atomic mass is 10.0. The Morgan fingerprint density at radius 1 is 1.35 bits per heavy atom. The van der Waals surface area contributed by atoms with Crippen LogP contribution in [0.1, 0.15) is 24.0 Å². The summed E-state index contributed by atoms with van der Waals surface area (Å²) < 4.78 is 0. The van der Waals surface area contributed by atoms with Crippen molar-refractivity contribution in [3.05, 3.63) is 35.4 Å². The van der Waals surface area contributed by atoms with E-state index < -0.39 is 0 Å². The van der Waals surface area contributed by atoms with Crippen LogP contribution in [0.4, 0.5) is 0 Å². The lowest BCUT2D eigenvalue weighted by Crippen LogP contribution is -2.45. The minimum absolute atomic E-state index is 0.00278. The highest BCUT2D eigenvalue weighted by Crippen LogP contribution is 2.19. The van der Waals surface area contributed by atoms with E-state index in [0.29, 0.717) is 19.5 Å². The minimum Gasteiger partial charge on any atom is -0.357 e. The molecule has 1 fully saturated rings. The zero-order chi connectivity index (χ0) is 14.5. The molecule has 2 rings (SSSR count). The van der Waals surface area contributed by atoms with Crippen molar-refractivity contribution >= 4 is 11.8 Å². The number of likely N-dealkylation sites (tertiary alicyclic amines) is 1. The third-order valence-corrected chi connectivity index (χ3v) is 3.80. The van der Waals surface area contributed by atoms with Crippen molar-refractivity contribution in [2.45, 2.75) is 31.8 Å². The second kappa shape index (κ2) is 6.52. The number of carbonyl (C=O) groups is 2. The normalized spacial score (nSPS) is 18.1. The molecule has 20 heavy (non-hydrogen) atoms. The molecule has 0 aromatic heterocycles. The molecule has 1 aromatic carbocycles. The Morgan fingerprint density at radius 2 is 2.05 bits per heavy atom. The fourth-order valence-electron chi connectivity index (χ4n) is 2.70. The van der Waals surface area contributed by atoms with E-state index in [4.69, 9.17) is 5.73 Å². The molecule has 108 valence electrons. The molecule has 2 amide bonds. The smallest absolute Gasteiger partial charge is 0.242 e. The Hall–Kier alpha value is -1.88. The molecule has 1 heterocycles. The topological polar surface area (TPSA) is 75.4 Å². The molecule has 1 aliphatic rings. The van der Waals surface area contributed by atoms with Crippen LogP contribution in [0.3, 0.4) is 0 Å². The number of likely N-dealkylation sites (N-methyl/N-ethyl adjacent to an activating group) is 1. The monoisotopic (exact) mass is 275 g/mol. The number of nitrogens with one attached hydrogen (secondary N) is 1. The van der Waals surface area contributed by atoms with Crippen molar-refractivity contribution < 1.29 is 9.59 Å². The van der Waals surface area contributed by atoms with Gasteiger partial charge in [0, 0.05) is 20.1 Å². The van der Waals surface area contributed by atoms with Gasteiger partial charge in [0.05, 0.1) is 6.42 Å². The van der Waals surface area contributed by atoms with E-state index in [1.54, 1.807) is 11.9 Å². The van der Waals surface area contributed by atoms with Crippen molar-refractivity contribution in [2.75, 3.05) is 13.6 Å². The molecule has 1 atom stereocenters. The minimum atomic E-state index is -0.322. The third kappa shape index (κ3) is 2.99. The summed E-state index contributed by atoms with van der Waals surface area (Å²) in [5.74, 6) is -0.0834. The van der Waals surface area contributed by atoms with Gasteiger partial charge >= 0.3 is 0 Å². The number of nitrogens with two attached hydrogens (primary N) is 1. The highest BCUT2D eigenvalue weighted by molar-refractivity contribution is 5.89. The van der Waals surface area contributed by atoms with Crippen molar-refractivity contribution in [1.82, 2.24) is 10.2 Å². The maximum atomic E-state index is 12.4. The zero-order valence-corrected chi connectivity index (χ0v) is 11.8. The standard InChI is InChI=1S/C15H21N3O2/c1-17-15(20)13-7-4-8-18(13)14(19)9-11-5-2-3-6-12(11)10-16/h2-3,5-6,13H,4,7-10,16H2,1H3,(H,17,20). The van der Waals surface area contributed by atoms with Gasteiger partial charge in [-0.05, 0) is 24.0 Å². The van der Waals surface area contributed by atoms with E-state index in [1.807, 2.05) is 24.3 Å². The lowest BCUT2D eigenvalue weighted by Gasteiger charge is -2.23. The van der Waals surface area contributed by atoms with Crippen LogP contribution in [-0.2, 0) is 22.6 Å². The van der Waals surface area contributed by atoms with E-state index in [-0.39, 0.29) is 17.9 Å². The van der Waals surface area contributed by atoms with Gasteiger partial charge in [0.1, 0.15) is 6.04 Å². The highest BCUT2D eigenvalue weighted by atomic mass is 16.2. The number of nitrogens with zero attached hydrogens (tertiary/aromatic N) is 1. The SMILES string of the molecule is CNC(=O)C1CCCN1C(=O)Cc1ccccc1CN. The van der Waals surface area contributed by atoms with E-state index in [9.17, 15) is 9.59 Å². The first-order chi connectivity index (χ1) is 9.67. The number of rotatable bonds is 4. The number of hydrogen-bond acceptors (Lipinski definition) is 3. The van der Waals surface area contributed by atoms with Crippen molar-refractivity contribution in [3.63, 3.8) is 0 Å². The zero-order valence-electron chi connectivity index (χ0n) is 11.8. The van der Waals surface area contributed by atoms with Gasteiger partial charge in [-0.1, -0.05) is 24.3 Å². The summed E-state index contributed by atoms with van der Waals surface area (Å²) >= 11 is 0. The van der Waals surface area contributed by atoms with Gasteiger partial charge in [0.15, 0.2) is 0 Å². The number of amides is 2. The fourth-order valence-corrected chi connectivity index (χ4v) is 2.70. The number of benzene rings is 1. The van der Waals surface area contributed by atoms with Gasteiger partial charge in [-0.2, -0.15) is 0 Å². The van der Waals surface area contributed by atoms with E-state index >= 15 is 0 Å². The molecule has 0 spiro atoms. The predicted octanol–water partition coefficient (Wildman–Crippen LogP) is 0.425. The van der Waals surface area contributed by atoms with Gasteiger partial charge in [-0.3, -0.25) is 9.59 Å². The van der Waals surface area contributed by atoms with E-state index in [1.165, 1.54) is 0 Å². The second-order valence-corrected chi connectivity index (χ2v) is 5.01. The Morgan fingerprint density at radius 3 is 2.70 bits per heavy atom. The summed E-state index contributed by atoms with van der Waals surface area (Å²) in [6.45, 7) is 1.07. The van der Waals surface area contributed by atoms with Crippen LogP contribution in [0.5, 0.6) is 0 Å². The molecule has 0 saturated carbocycles. The van der Waals surface area contributed by atoms with Crippen LogP contribution in [0.2, 0.25) is 0 Å². The number of carbonyl (C=O) groups excluding carboxylic acids is 2. The van der Waals surface area contributed by atoms with Gasteiger partial charge in [-0.15, -0.1) is 0 Å². The Balaban J connectivity index is 2.09. The average molecular weight is 275 g/mol. The lowest BCUT2D eigenvalue weighted by molar-refractivity contribution is -0.137. The van der Waals surface area contributed by atoms with Crippen LogP contribution in [-0.4, -0.2) is 36.3 Å². The summed E-state index contributed by atoms with van der Waals surface area (Å²) in [4.78, 5) is 25.9. The summed E-state index contributed by atoms with van der Waals surface area (Å²) in [6, 6.07) is 7.35. The quantitative estimate of drug-likeness (QED) is 0.836. The van der Waals surface area contributed by atoms with Gasteiger partial charge in [0.2, 0.25) is 11.8 Å². The van der Waals surface area contributed by atoms with E-state index in [2.05, 4.69) is 5.32 Å². The number of hydrogen-bond donors (Lipinski definition) is 2. The fraction of sp³-hybridized carbons (Fsp3) is 0.467. The first-order valence-electron chi connectivity index (χ1n) is 6.95. The van der Waals surface area contributed by atoms with Crippen LogP contribution in [0.15, 0.2) is 24.3 Å². The predicted molar refractivity (Wildman–Crippen MR) is 76.8 cm³/mol. The van der Waals surface area contributed by atoms with Crippen LogP contribution >= 0.6 is 0 Å². The summed E-state index contributed by atoms with van der Waals surface area (Å²) in [5.41, 5.74) is 7.62. The summed E-state index contributed by atoms with van der Waals surface area (Å²) in [6.07, 6.45) is 1.92. The Kier molecular flexibility index (Phi) is 4.74. The molecule has 5 nitrogen and oxygen atoms in total. The Bertz CT molecular complexity index is 502. The van der Waals surface area contributed by atoms with Crippen molar-refractivity contribution in [2.24, 2.45) is 5.73 Å². The second-order valence-electron chi connectivity index (χ2n) is 5.01. The molecule has 1 unspecified atom stereocenters. The van der Waals surface area contributed by atoms with E-state index in [0.717, 1.165) is 24.0 Å². The molecule has 0 aliphatic carbocycles. The molecular formula is C15H21N3O2. The molecule has 5 heteroatoms. The van der Waals surface area contributed by atoms with Crippen molar-refractivity contribution in [3.8, 4) is 0 Å². The van der Waals surface area contributed by atoms with Gasteiger partial charge in [-0.25, -0.2) is 0 Å². The molecule has 3 N–H and O–H groups in total. The average Bonchev–Trinajstić information content (AvgIpc) is 2.96. The largest absolute Gasteiger partial charge is 0.357 e. The Labute approximate surface area is 119 Å². The van der Waals surface area contributed by atoms with Crippen LogP contribution in [0.25, 0.3) is 0 Å². The van der Waals surface area contributed by atoms with Gasteiger partial charge in [0.25, 0.3) is 0 Å². The first kappa shape index (κ1) is 14.5. The van der Waals surface area contributed by atoms with Crippen molar-refractivity contribution in [1.29, 1.82) is 0 Å². The molecular weight excluding hydrogens is 254 g/mol. The summed E-state index contributed by atoms with van der Waals surface area (Å²) in [7, 11) is 1.60. The molecule has 1 saturated heterocycles. The maximum Gasteiger partial charge on any atom is 0.242 e. The molecule has 0 radical (unpaired) electrons.